The largest absolute Gasteiger partial charge is 0.311 e. The molecule has 0 bridgehead atoms. The number of aromatic nitrogens is 1. The minimum Gasteiger partial charge on any atom is -0.311 e. The van der Waals surface area contributed by atoms with E-state index < -0.39 is 0 Å². The number of nitrogens with zero attached hydrogens (tertiary/aromatic N) is 3. The molecule has 0 spiro atoms. The smallest absolute Gasteiger partial charge is 0.252 e. The van der Waals surface area contributed by atoms with E-state index in [0.29, 0.717) is 23.7 Å². The lowest BCUT2D eigenvalue weighted by molar-refractivity contribution is -0.599. The van der Waals surface area contributed by atoms with Gasteiger partial charge in [-0.3, -0.25) is 0 Å². The molecule has 1 atom stereocenters. The van der Waals surface area contributed by atoms with Crippen LogP contribution >= 0.6 is 0 Å². The number of hydrogen-bond acceptors (Lipinski definition) is 2. The van der Waals surface area contributed by atoms with Gasteiger partial charge in [0.25, 0.3) is 6.71 Å². The van der Waals surface area contributed by atoms with Crippen LogP contribution in [0.25, 0.3) is 5.70 Å². The van der Waals surface area contributed by atoms with E-state index in [1.165, 1.54) is 95.4 Å². The van der Waals surface area contributed by atoms with Crippen molar-refractivity contribution in [3.63, 3.8) is 0 Å². The molecule has 0 radical (unpaired) electrons. The average molecular weight is 781 g/mol. The molecule has 1 unspecified atom stereocenters. The molecule has 296 valence electrons. The highest BCUT2D eigenvalue weighted by Gasteiger charge is 2.44. The van der Waals surface area contributed by atoms with Gasteiger partial charge in [-0.25, -0.2) is 0 Å². The summed E-state index contributed by atoms with van der Waals surface area (Å²) in [6, 6.07) is 57.1. The lowest BCUT2D eigenvalue weighted by Crippen LogP contribution is -2.61. The van der Waals surface area contributed by atoms with Crippen LogP contribution in [0.4, 0.5) is 34.1 Å². The van der Waals surface area contributed by atoms with Crippen LogP contribution in [-0.4, -0.2) is 6.71 Å². The van der Waals surface area contributed by atoms with E-state index in [4.69, 9.17) is 0 Å². The first kappa shape index (κ1) is 38.1. The van der Waals surface area contributed by atoms with Gasteiger partial charge < -0.3 is 9.80 Å². The van der Waals surface area contributed by atoms with Crippen LogP contribution in [-0.2, 0) is 0 Å². The van der Waals surface area contributed by atoms with Crippen molar-refractivity contribution in [3.05, 3.63) is 197 Å². The normalized spacial score (nSPS) is 15.1. The Kier molecular flexibility index (Phi) is 9.43. The lowest BCUT2D eigenvalue weighted by Gasteiger charge is -2.44. The van der Waals surface area contributed by atoms with Gasteiger partial charge in [0.1, 0.15) is 0 Å². The van der Waals surface area contributed by atoms with Crippen molar-refractivity contribution in [1.29, 1.82) is 0 Å². The minimum atomic E-state index is 0.119. The summed E-state index contributed by atoms with van der Waals surface area (Å²) in [7, 11) is 0. The third kappa shape index (κ3) is 5.90. The first-order valence-corrected chi connectivity index (χ1v) is 22.1. The zero-order chi connectivity index (χ0) is 41.4. The molecule has 6 aromatic carbocycles. The van der Waals surface area contributed by atoms with Crippen molar-refractivity contribution >= 4 is 62.9 Å². The van der Waals surface area contributed by atoms with Crippen LogP contribution in [0.5, 0.6) is 0 Å². The van der Waals surface area contributed by atoms with Gasteiger partial charge in [-0.2, -0.15) is 4.57 Å². The Bertz CT molecular complexity index is 2760. The average Bonchev–Trinajstić information content (AvgIpc) is 3.64. The third-order valence-corrected chi connectivity index (χ3v) is 13.2. The number of hydrogen-bond donors (Lipinski definition) is 0. The molecule has 60 heavy (non-hydrogen) atoms. The Balaban J connectivity index is 1.21. The molecule has 3 nitrogen and oxygen atoms in total. The first-order valence-electron chi connectivity index (χ1n) is 22.1. The van der Waals surface area contributed by atoms with Crippen LogP contribution < -0.4 is 30.8 Å². The highest BCUT2D eigenvalue weighted by Crippen LogP contribution is 2.49. The molecule has 7 aromatic rings. The summed E-state index contributed by atoms with van der Waals surface area (Å²) in [5.74, 6) is 1.52. The molecule has 1 aromatic heterocycles. The predicted octanol–water partition coefficient (Wildman–Crippen LogP) is 12.6. The standard InChI is InChI=1S/C56H55BN3/c1-35(2)43-32-40(33-44(36(3)4)55(43)45-34-54(42-23-13-12-22-41(42)45)60-48(37(5)6)28-18-29-49(60)38(7)8)59-51-27-17-15-25-47(51)57-46-24-14-16-26-50(46)58(39-20-10-9-11-21-39)52-30-19-31-53(59)56(52)57/h9-38,45H,1-8H3/q+1. The van der Waals surface area contributed by atoms with Gasteiger partial charge in [-0.15, -0.1) is 0 Å². The molecule has 4 heteroatoms. The predicted molar refractivity (Wildman–Crippen MR) is 255 cm³/mol. The lowest BCUT2D eigenvalue weighted by atomic mass is 9.33. The van der Waals surface area contributed by atoms with Gasteiger partial charge in [-0.05, 0) is 111 Å². The zero-order valence-electron chi connectivity index (χ0n) is 36.3. The molecule has 0 amide bonds. The molecule has 0 fully saturated rings. The van der Waals surface area contributed by atoms with Crippen LogP contribution in [0.2, 0.25) is 0 Å². The summed E-state index contributed by atoms with van der Waals surface area (Å²) in [6.07, 6.45) is 2.60. The molecule has 0 N–H and O–H groups in total. The van der Waals surface area contributed by atoms with Gasteiger partial charge in [0.2, 0.25) is 5.70 Å². The number of anilines is 6. The second-order valence-electron chi connectivity index (χ2n) is 18.3. The van der Waals surface area contributed by atoms with E-state index in [0.717, 1.165) is 0 Å². The summed E-state index contributed by atoms with van der Waals surface area (Å²) in [5, 5.41) is 0. The van der Waals surface area contributed by atoms with E-state index in [-0.39, 0.29) is 12.6 Å². The molecule has 2 aliphatic heterocycles. The monoisotopic (exact) mass is 780 g/mol. The van der Waals surface area contributed by atoms with Gasteiger partial charge in [-0.1, -0.05) is 134 Å². The number of allylic oxidation sites excluding steroid dienone is 1. The van der Waals surface area contributed by atoms with E-state index in [1.807, 2.05) is 0 Å². The van der Waals surface area contributed by atoms with Crippen molar-refractivity contribution in [3.8, 4) is 0 Å². The van der Waals surface area contributed by atoms with Crippen molar-refractivity contribution in [2.75, 3.05) is 9.80 Å². The first-order chi connectivity index (χ1) is 29.1. The fraction of sp³-hybridized carbons (Fsp3) is 0.232. The van der Waals surface area contributed by atoms with Crippen molar-refractivity contribution in [1.82, 2.24) is 0 Å². The number of fused-ring (bicyclic) bond motifs is 5. The van der Waals surface area contributed by atoms with E-state index in [1.54, 1.807) is 0 Å². The second kappa shape index (κ2) is 14.9. The fourth-order valence-corrected chi connectivity index (χ4v) is 10.6. The third-order valence-electron chi connectivity index (χ3n) is 13.2. The Hall–Kier alpha value is -6.13. The molecule has 3 aliphatic rings. The number of rotatable bonds is 8. The maximum absolute atomic E-state index is 2.60. The maximum atomic E-state index is 2.60. The van der Waals surface area contributed by atoms with Gasteiger partial charge in [0.05, 0.1) is 5.56 Å². The highest BCUT2D eigenvalue weighted by molar-refractivity contribution is 7.00. The number of benzene rings is 6. The second-order valence-corrected chi connectivity index (χ2v) is 18.3. The molecule has 0 saturated carbocycles. The summed E-state index contributed by atoms with van der Waals surface area (Å²) in [5.41, 5.74) is 22.5. The molecular weight excluding hydrogens is 725 g/mol. The van der Waals surface area contributed by atoms with Gasteiger partial charge in [0, 0.05) is 70.1 Å². The van der Waals surface area contributed by atoms with E-state index in [9.17, 15) is 0 Å². The fourth-order valence-electron chi connectivity index (χ4n) is 10.6. The van der Waals surface area contributed by atoms with Crippen LogP contribution in [0, 0.1) is 0 Å². The quantitative estimate of drug-likeness (QED) is 0.112. The molecule has 0 saturated heterocycles. The molecule has 1 aliphatic carbocycles. The Morgan fingerprint density at radius 2 is 0.950 bits per heavy atom. The summed E-state index contributed by atoms with van der Waals surface area (Å²) < 4.78 is 2.59. The van der Waals surface area contributed by atoms with Crippen LogP contribution in [0.15, 0.2) is 158 Å². The minimum absolute atomic E-state index is 0.119. The van der Waals surface area contributed by atoms with Crippen molar-refractivity contribution < 1.29 is 4.57 Å². The molecule has 10 rings (SSSR count). The number of para-hydroxylation sites is 3. The van der Waals surface area contributed by atoms with Gasteiger partial charge in [0.15, 0.2) is 11.4 Å². The highest BCUT2D eigenvalue weighted by atomic mass is 15.2. The van der Waals surface area contributed by atoms with E-state index >= 15 is 0 Å². The van der Waals surface area contributed by atoms with Crippen molar-refractivity contribution in [2.45, 2.75) is 85.0 Å². The Morgan fingerprint density at radius 3 is 1.52 bits per heavy atom. The SMILES string of the molecule is CC(C)c1cc(N2c3ccccc3B3c4ccccc4N(c4ccccc4)c4cccc2c43)cc(C(C)C)c1C1C=C([n+]2c(C(C)C)cccc2C(C)C)c2ccccc21. The zero-order valence-corrected chi connectivity index (χ0v) is 36.3. The molecule has 3 heterocycles. The summed E-state index contributed by atoms with van der Waals surface area (Å²) in [4.78, 5) is 5.05. The van der Waals surface area contributed by atoms with Crippen LogP contribution in [0.1, 0.15) is 124 Å². The number of pyridine rings is 1. The van der Waals surface area contributed by atoms with Crippen molar-refractivity contribution in [2.24, 2.45) is 0 Å². The van der Waals surface area contributed by atoms with Crippen LogP contribution in [0.3, 0.4) is 0 Å². The maximum Gasteiger partial charge on any atom is 0.252 e. The molecular formula is C56H55BN3+. The van der Waals surface area contributed by atoms with Gasteiger partial charge >= 0.3 is 0 Å². The Morgan fingerprint density at radius 1 is 0.467 bits per heavy atom. The Labute approximate surface area is 357 Å². The summed E-state index contributed by atoms with van der Waals surface area (Å²) >= 11 is 0. The topological polar surface area (TPSA) is 10.4 Å². The van der Waals surface area contributed by atoms with E-state index in [2.05, 4.69) is 227 Å². The summed E-state index contributed by atoms with van der Waals surface area (Å²) in [6.45, 7) is 19.0.